The van der Waals surface area contributed by atoms with Gasteiger partial charge in [0.2, 0.25) is 5.72 Å². The molecule has 1 aromatic heterocycles. The minimum Gasteiger partial charge on any atom is -0.394 e. The van der Waals surface area contributed by atoms with E-state index in [1.54, 1.807) is 10.6 Å². The standard InChI is InChI=1S/C17H20N6O6/c18-16-20-15-14(19-8-22(15)13-5-11(25)12(7-24)29-13)17(26,21-16)6-9-3-1-2-4-10(9)23(27)28/h1-4,8,11-13,24-26H,5-7H2,(H3,18,20,21)/t11-,12+,13+,17?/m0/s1. The summed E-state index contributed by atoms with van der Waals surface area (Å²) in [6.45, 7) is -0.340. The number of anilines is 1. The summed E-state index contributed by atoms with van der Waals surface area (Å²) < 4.78 is 7.18. The number of imidazole rings is 1. The fourth-order valence-corrected chi connectivity index (χ4v) is 3.68. The fourth-order valence-electron chi connectivity index (χ4n) is 3.68. The predicted molar refractivity (Wildman–Crippen MR) is 99.8 cm³/mol. The Bertz CT molecular complexity index is 977. The van der Waals surface area contributed by atoms with Gasteiger partial charge in [0.15, 0.2) is 5.96 Å². The summed E-state index contributed by atoms with van der Waals surface area (Å²) in [5, 5.41) is 44.6. The zero-order valence-corrected chi connectivity index (χ0v) is 15.2. The molecular weight excluding hydrogens is 384 g/mol. The number of hydrogen-bond donors (Lipinski definition) is 5. The van der Waals surface area contributed by atoms with E-state index in [0.717, 1.165) is 0 Å². The molecule has 1 unspecified atom stereocenters. The molecule has 0 radical (unpaired) electrons. The van der Waals surface area contributed by atoms with Gasteiger partial charge in [-0.2, -0.15) is 0 Å². The topological polar surface area (TPSA) is 181 Å². The van der Waals surface area contributed by atoms with Gasteiger partial charge in [-0.15, -0.1) is 0 Å². The van der Waals surface area contributed by atoms with Crippen LogP contribution in [0.5, 0.6) is 0 Å². The van der Waals surface area contributed by atoms with Crippen LogP contribution in [0.15, 0.2) is 35.6 Å². The SMILES string of the molecule is NC1=NC(O)(Cc2ccccc2[N+](=O)[O-])c2ncn([C@H]3C[C@H](O)[C@@H](CO)O3)c2N1. The number of nitrogens with one attached hydrogen (secondary N) is 1. The van der Waals surface area contributed by atoms with Crippen molar-refractivity contribution in [3.63, 3.8) is 0 Å². The van der Waals surface area contributed by atoms with Crippen LogP contribution in [0.3, 0.4) is 0 Å². The summed E-state index contributed by atoms with van der Waals surface area (Å²) >= 11 is 0. The molecule has 0 aliphatic carbocycles. The van der Waals surface area contributed by atoms with E-state index in [1.807, 2.05) is 0 Å². The number of nitrogens with zero attached hydrogens (tertiary/aromatic N) is 4. The highest BCUT2D eigenvalue weighted by Gasteiger charge is 2.43. The normalized spacial score (nSPS) is 28.5. The van der Waals surface area contributed by atoms with Gasteiger partial charge >= 0.3 is 0 Å². The summed E-state index contributed by atoms with van der Waals surface area (Å²) in [7, 11) is 0. The number of guanidine groups is 1. The van der Waals surface area contributed by atoms with E-state index in [2.05, 4.69) is 15.3 Å². The number of para-hydroxylation sites is 1. The highest BCUT2D eigenvalue weighted by atomic mass is 16.6. The highest BCUT2D eigenvalue weighted by Crippen LogP contribution is 2.40. The fraction of sp³-hybridized carbons (Fsp3) is 0.412. The van der Waals surface area contributed by atoms with E-state index >= 15 is 0 Å². The number of ether oxygens (including phenoxy) is 1. The Labute approximate surface area is 164 Å². The van der Waals surface area contributed by atoms with Crippen molar-refractivity contribution in [3.05, 3.63) is 52.0 Å². The third-order valence-electron chi connectivity index (χ3n) is 5.04. The minimum atomic E-state index is -1.93. The average Bonchev–Trinajstić information content (AvgIpc) is 3.25. The van der Waals surface area contributed by atoms with Crippen LogP contribution in [0.25, 0.3) is 0 Å². The first-order chi connectivity index (χ1) is 13.8. The van der Waals surface area contributed by atoms with Crippen molar-refractivity contribution in [1.82, 2.24) is 9.55 Å². The second kappa shape index (κ2) is 7.08. The molecular formula is C17H20N6O6. The van der Waals surface area contributed by atoms with E-state index in [9.17, 15) is 25.4 Å². The van der Waals surface area contributed by atoms with Crippen LogP contribution < -0.4 is 11.1 Å². The number of aliphatic hydroxyl groups excluding tert-OH is 2. The van der Waals surface area contributed by atoms with Gasteiger partial charge in [0.05, 0.1) is 24.0 Å². The molecule has 0 spiro atoms. The van der Waals surface area contributed by atoms with E-state index in [-0.39, 0.29) is 42.4 Å². The van der Waals surface area contributed by atoms with Gasteiger partial charge in [0.1, 0.15) is 23.8 Å². The molecule has 3 heterocycles. The number of fused-ring (bicyclic) bond motifs is 1. The second-order valence-electron chi connectivity index (χ2n) is 6.97. The number of hydrogen-bond acceptors (Lipinski definition) is 10. The molecule has 1 fully saturated rings. The maximum absolute atomic E-state index is 11.3. The summed E-state index contributed by atoms with van der Waals surface area (Å²) in [5.41, 5.74) is 4.16. The van der Waals surface area contributed by atoms with Gasteiger partial charge in [0.25, 0.3) is 5.69 Å². The van der Waals surface area contributed by atoms with Gasteiger partial charge in [0, 0.05) is 24.5 Å². The van der Waals surface area contributed by atoms with Crippen LogP contribution in [0, 0.1) is 10.1 Å². The lowest BCUT2D eigenvalue weighted by atomic mass is 9.97. The highest BCUT2D eigenvalue weighted by molar-refractivity contribution is 5.94. The first-order valence-electron chi connectivity index (χ1n) is 8.91. The van der Waals surface area contributed by atoms with Crippen molar-refractivity contribution in [1.29, 1.82) is 0 Å². The molecule has 6 N–H and O–H groups in total. The molecule has 4 atom stereocenters. The molecule has 1 aromatic carbocycles. The zero-order valence-electron chi connectivity index (χ0n) is 15.2. The Morgan fingerprint density at radius 2 is 2.21 bits per heavy atom. The van der Waals surface area contributed by atoms with E-state index < -0.39 is 29.1 Å². The Morgan fingerprint density at radius 3 is 2.90 bits per heavy atom. The number of aromatic nitrogens is 2. The molecule has 2 aromatic rings. The predicted octanol–water partition coefficient (Wildman–Crippen LogP) is -0.440. The largest absolute Gasteiger partial charge is 0.394 e. The van der Waals surface area contributed by atoms with E-state index in [0.29, 0.717) is 5.82 Å². The maximum atomic E-state index is 11.3. The van der Waals surface area contributed by atoms with Gasteiger partial charge < -0.3 is 31.1 Å². The Kier molecular flexibility index (Phi) is 4.70. The lowest BCUT2D eigenvalue weighted by Crippen LogP contribution is -2.39. The van der Waals surface area contributed by atoms with Crippen LogP contribution in [-0.2, 0) is 16.9 Å². The smallest absolute Gasteiger partial charge is 0.272 e. The number of nitro groups is 1. The van der Waals surface area contributed by atoms with E-state index in [4.69, 9.17) is 10.5 Å². The Morgan fingerprint density at radius 1 is 1.45 bits per heavy atom. The molecule has 12 nitrogen and oxygen atoms in total. The van der Waals surface area contributed by atoms with Crippen molar-refractivity contribution >= 4 is 17.5 Å². The van der Waals surface area contributed by atoms with Crippen molar-refractivity contribution in [2.75, 3.05) is 11.9 Å². The first-order valence-corrected chi connectivity index (χ1v) is 8.91. The lowest BCUT2D eigenvalue weighted by molar-refractivity contribution is -0.385. The molecule has 4 rings (SSSR count). The third-order valence-corrected chi connectivity index (χ3v) is 5.04. The number of benzene rings is 1. The number of aliphatic imine (C=N–C) groups is 1. The van der Waals surface area contributed by atoms with Crippen molar-refractivity contribution in [3.8, 4) is 0 Å². The van der Waals surface area contributed by atoms with Crippen molar-refractivity contribution in [2.45, 2.75) is 37.0 Å². The monoisotopic (exact) mass is 404 g/mol. The van der Waals surface area contributed by atoms with E-state index in [1.165, 1.54) is 24.5 Å². The summed E-state index contributed by atoms with van der Waals surface area (Å²) in [6, 6.07) is 6.03. The molecule has 2 aliphatic heterocycles. The zero-order chi connectivity index (χ0) is 20.8. The summed E-state index contributed by atoms with van der Waals surface area (Å²) in [4.78, 5) is 19.1. The van der Waals surface area contributed by atoms with Gasteiger partial charge in [-0.05, 0) is 0 Å². The molecule has 1 saturated heterocycles. The first kappa shape index (κ1) is 19.3. The minimum absolute atomic E-state index is 0.0995. The maximum Gasteiger partial charge on any atom is 0.272 e. The third kappa shape index (κ3) is 3.31. The number of nitro benzene ring substituents is 1. The summed E-state index contributed by atoms with van der Waals surface area (Å²) in [6.07, 6.45) is -0.860. The molecule has 154 valence electrons. The van der Waals surface area contributed by atoms with Crippen molar-refractivity contribution < 1.29 is 25.0 Å². The molecule has 12 heteroatoms. The molecule has 0 bridgehead atoms. The van der Waals surface area contributed by atoms with Gasteiger partial charge in [-0.25, -0.2) is 9.98 Å². The Hall–Kier alpha value is -3.06. The van der Waals surface area contributed by atoms with Crippen LogP contribution in [0.2, 0.25) is 0 Å². The van der Waals surface area contributed by atoms with Gasteiger partial charge in [-0.1, -0.05) is 18.2 Å². The summed E-state index contributed by atoms with van der Waals surface area (Å²) in [5.74, 6) is 0.201. The van der Waals surface area contributed by atoms with Gasteiger partial charge in [-0.3, -0.25) is 14.7 Å². The number of nitrogens with two attached hydrogens (primary N) is 1. The van der Waals surface area contributed by atoms with Crippen molar-refractivity contribution in [2.24, 2.45) is 10.7 Å². The van der Waals surface area contributed by atoms with Crippen LogP contribution >= 0.6 is 0 Å². The molecule has 0 amide bonds. The molecule has 29 heavy (non-hydrogen) atoms. The molecule has 0 saturated carbocycles. The molecule has 2 aliphatic rings. The Balaban J connectivity index is 1.70. The number of rotatable bonds is 5. The quantitative estimate of drug-likeness (QED) is 0.326. The second-order valence-corrected chi connectivity index (χ2v) is 6.97. The van der Waals surface area contributed by atoms with Crippen LogP contribution in [0.1, 0.15) is 23.9 Å². The average molecular weight is 404 g/mol. The lowest BCUT2D eigenvalue weighted by Gasteiger charge is -2.29. The van der Waals surface area contributed by atoms with Crippen LogP contribution in [0.4, 0.5) is 11.5 Å². The van der Waals surface area contributed by atoms with Crippen LogP contribution in [-0.4, -0.2) is 54.6 Å². The number of aliphatic hydroxyl groups is 3.